The number of rotatable bonds is 11. The normalized spacial score (nSPS) is 11.7. The third-order valence-corrected chi connectivity index (χ3v) is 6.27. The first-order chi connectivity index (χ1) is 16.9. The number of nitrogens with one attached hydrogen (secondary N) is 1. The fourth-order valence-corrected chi connectivity index (χ4v) is 4.30. The molecule has 0 aromatic heterocycles. The average Bonchev–Trinajstić information content (AvgIpc) is 2.85. The molecule has 0 heterocycles. The number of ether oxygens (including phenoxy) is 1. The minimum atomic E-state index is -0.671. The van der Waals surface area contributed by atoms with E-state index in [1.54, 1.807) is 4.90 Å². The second-order valence-electron chi connectivity index (χ2n) is 8.76. The molecule has 0 radical (unpaired) electrons. The van der Waals surface area contributed by atoms with E-state index in [-0.39, 0.29) is 18.4 Å². The predicted octanol–water partition coefficient (Wildman–Crippen LogP) is 5.73. The summed E-state index contributed by atoms with van der Waals surface area (Å²) in [5, 5.41) is 2.91. The topological polar surface area (TPSA) is 58.6 Å². The molecule has 0 saturated heterocycles. The van der Waals surface area contributed by atoms with Crippen molar-refractivity contribution in [1.29, 1.82) is 0 Å². The molecule has 0 aliphatic heterocycles. The molecule has 5 nitrogen and oxygen atoms in total. The lowest BCUT2D eigenvalue weighted by Crippen LogP contribution is -2.51. The Morgan fingerprint density at radius 1 is 0.943 bits per heavy atom. The number of amides is 2. The van der Waals surface area contributed by atoms with Crippen molar-refractivity contribution < 1.29 is 14.3 Å². The molecule has 35 heavy (non-hydrogen) atoms. The largest absolute Gasteiger partial charge is 0.484 e. The van der Waals surface area contributed by atoms with Gasteiger partial charge in [0.15, 0.2) is 6.61 Å². The first-order valence-electron chi connectivity index (χ1n) is 12.0. The smallest absolute Gasteiger partial charge is 0.261 e. The summed E-state index contributed by atoms with van der Waals surface area (Å²) >= 11 is 3.50. The van der Waals surface area contributed by atoms with E-state index in [1.807, 2.05) is 85.8 Å². The quantitative estimate of drug-likeness (QED) is 0.340. The van der Waals surface area contributed by atoms with Gasteiger partial charge >= 0.3 is 0 Å². The highest BCUT2D eigenvalue weighted by molar-refractivity contribution is 9.10. The second kappa shape index (κ2) is 13.1. The number of carbonyl (C=O) groups excluding carboxylic acids is 2. The Bertz CT molecular complexity index is 1100. The first kappa shape index (κ1) is 26.5. The SMILES string of the molecule is CCNC(=O)C(Cc1ccccc1)N(Cc1cccc(Br)c1)C(=O)COc1ccc(C(C)C)cc1. The summed E-state index contributed by atoms with van der Waals surface area (Å²) in [4.78, 5) is 28.3. The Morgan fingerprint density at radius 2 is 1.63 bits per heavy atom. The van der Waals surface area contributed by atoms with E-state index in [0.29, 0.717) is 31.2 Å². The molecule has 3 aromatic rings. The van der Waals surface area contributed by atoms with Crippen molar-refractivity contribution >= 4 is 27.7 Å². The minimum Gasteiger partial charge on any atom is -0.484 e. The Kier molecular flexibility index (Phi) is 9.91. The molecule has 0 bridgehead atoms. The van der Waals surface area contributed by atoms with Crippen molar-refractivity contribution in [3.63, 3.8) is 0 Å². The molecule has 2 amide bonds. The van der Waals surface area contributed by atoms with Crippen molar-refractivity contribution in [2.24, 2.45) is 0 Å². The van der Waals surface area contributed by atoms with E-state index >= 15 is 0 Å². The van der Waals surface area contributed by atoms with E-state index in [9.17, 15) is 9.59 Å². The van der Waals surface area contributed by atoms with Crippen LogP contribution in [0, 0.1) is 0 Å². The van der Waals surface area contributed by atoms with E-state index in [2.05, 4.69) is 35.1 Å². The molecule has 1 N–H and O–H groups in total. The monoisotopic (exact) mass is 536 g/mol. The van der Waals surface area contributed by atoms with Gasteiger partial charge in [0.1, 0.15) is 11.8 Å². The molecule has 3 rings (SSSR count). The zero-order chi connectivity index (χ0) is 25.2. The zero-order valence-corrected chi connectivity index (χ0v) is 22.1. The maximum atomic E-state index is 13.5. The van der Waals surface area contributed by atoms with Gasteiger partial charge in [-0.05, 0) is 53.8 Å². The summed E-state index contributed by atoms with van der Waals surface area (Å²) in [5.74, 6) is 0.621. The number of carbonyl (C=O) groups is 2. The number of halogens is 1. The first-order valence-corrected chi connectivity index (χ1v) is 12.7. The van der Waals surface area contributed by atoms with Gasteiger partial charge in [0.2, 0.25) is 5.91 Å². The number of likely N-dealkylation sites (N-methyl/N-ethyl adjacent to an activating group) is 1. The molecule has 0 fully saturated rings. The third kappa shape index (κ3) is 7.96. The van der Waals surface area contributed by atoms with Crippen LogP contribution >= 0.6 is 15.9 Å². The summed E-state index contributed by atoms with van der Waals surface area (Å²) in [6.45, 7) is 6.77. The zero-order valence-electron chi connectivity index (χ0n) is 20.5. The van der Waals surface area contributed by atoms with Gasteiger partial charge in [-0.25, -0.2) is 0 Å². The van der Waals surface area contributed by atoms with Crippen LogP contribution in [0.4, 0.5) is 0 Å². The molecule has 0 spiro atoms. The van der Waals surface area contributed by atoms with Gasteiger partial charge in [-0.15, -0.1) is 0 Å². The number of hydrogen-bond acceptors (Lipinski definition) is 3. The predicted molar refractivity (Wildman–Crippen MR) is 143 cm³/mol. The maximum Gasteiger partial charge on any atom is 0.261 e. The van der Waals surface area contributed by atoms with Crippen LogP contribution in [0.5, 0.6) is 5.75 Å². The maximum absolute atomic E-state index is 13.5. The van der Waals surface area contributed by atoms with Crippen LogP contribution in [0.1, 0.15) is 43.4 Å². The fraction of sp³-hybridized carbons (Fsp3) is 0.310. The molecule has 3 aromatic carbocycles. The van der Waals surface area contributed by atoms with Gasteiger partial charge in [0.05, 0.1) is 0 Å². The van der Waals surface area contributed by atoms with Crippen LogP contribution in [0.3, 0.4) is 0 Å². The summed E-state index contributed by atoms with van der Waals surface area (Å²) in [6, 6.07) is 24.6. The van der Waals surface area contributed by atoms with Gasteiger partial charge in [-0.2, -0.15) is 0 Å². The number of hydrogen-bond donors (Lipinski definition) is 1. The Labute approximate surface area is 216 Å². The highest BCUT2D eigenvalue weighted by atomic mass is 79.9. The molecule has 1 atom stereocenters. The van der Waals surface area contributed by atoms with Crippen molar-refractivity contribution in [2.45, 2.75) is 45.7 Å². The van der Waals surface area contributed by atoms with E-state index in [4.69, 9.17) is 4.74 Å². The second-order valence-corrected chi connectivity index (χ2v) is 9.68. The highest BCUT2D eigenvalue weighted by Gasteiger charge is 2.30. The van der Waals surface area contributed by atoms with E-state index in [0.717, 1.165) is 15.6 Å². The highest BCUT2D eigenvalue weighted by Crippen LogP contribution is 2.20. The molecular formula is C29H33BrN2O3. The Hall–Kier alpha value is -3.12. The molecular weight excluding hydrogens is 504 g/mol. The van der Waals surface area contributed by atoms with Gasteiger partial charge in [0, 0.05) is 24.0 Å². The number of nitrogens with zero attached hydrogens (tertiary/aromatic N) is 1. The summed E-state index contributed by atoms with van der Waals surface area (Å²) in [5.41, 5.74) is 3.12. The molecule has 0 aliphatic rings. The Morgan fingerprint density at radius 3 is 2.26 bits per heavy atom. The fourth-order valence-electron chi connectivity index (χ4n) is 3.85. The van der Waals surface area contributed by atoms with Crippen molar-refractivity contribution in [2.75, 3.05) is 13.2 Å². The summed E-state index contributed by atoms with van der Waals surface area (Å²) in [7, 11) is 0. The van der Waals surface area contributed by atoms with Gasteiger partial charge < -0.3 is 15.0 Å². The Balaban J connectivity index is 1.86. The van der Waals surface area contributed by atoms with E-state index < -0.39 is 6.04 Å². The van der Waals surface area contributed by atoms with Crippen LogP contribution in [-0.4, -0.2) is 35.9 Å². The van der Waals surface area contributed by atoms with Crippen LogP contribution in [0.25, 0.3) is 0 Å². The minimum absolute atomic E-state index is 0.153. The van der Waals surface area contributed by atoms with Crippen molar-refractivity contribution in [1.82, 2.24) is 10.2 Å². The lowest BCUT2D eigenvalue weighted by atomic mass is 10.0. The third-order valence-electron chi connectivity index (χ3n) is 5.77. The summed E-state index contributed by atoms with van der Waals surface area (Å²) in [6.07, 6.45) is 0.412. The van der Waals surface area contributed by atoms with Crippen LogP contribution in [-0.2, 0) is 22.6 Å². The lowest BCUT2D eigenvalue weighted by molar-refractivity contribution is -0.142. The molecule has 6 heteroatoms. The molecule has 0 saturated carbocycles. The number of benzene rings is 3. The molecule has 1 unspecified atom stereocenters. The average molecular weight is 537 g/mol. The van der Waals surface area contributed by atoms with E-state index in [1.165, 1.54) is 5.56 Å². The standard InChI is InChI=1S/C29H33BrN2O3/c1-4-31-29(34)27(18-22-9-6-5-7-10-22)32(19-23-11-8-12-25(30)17-23)28(33)20-35-26-15-13-24(14-16-26)21(2)3/h5-17,21,27H,4,18-20H2,1-3H3,(H,31,34). The van der Waals surface area contributed by atoms with Crippen molar-refractivity contribution in [3.8, 4) is 5.75 Å². The van der Waals surface area contributed by atoms with Gasteiger partial charge in [0.25, 0.3) is 5.91 Å². The van der Waals surface area contributed by atoms with Crippen LogP contribution < -0.4 is 10.1 Å². The molecule has 0 aliphatic carbocycles. The summed E-state index contributed by atoms with van der Waals surface area (Å²) < 4.78 is 6.77. The lowest BCUT2D eigenvalue weighted by Gasteiger charge is -2.31. The van der Waals surface area contributed by atoms with Gasteiger partial charge in [-0.3, -0.25) is 9.59 Å². The molecule has 184 valence electrons. The van der Waals surface area contributed by atoms with Crippen molar-refractivity contribution in [3.05, 3.63) is 100 Å². The van der Waals surface area contributed by atoms with Gasteiger partial charge in [-0.1, -0.05) is 84.4 Å². The van der Waals surface area contributed by atoms with Crippen LogP contribution in [0.15, 0.2) is 83.3 Å². The van der Waals surface area contributed by atoms with Crippen LogP contribution in [0.2, 0.25) is 0 Å².